The number of nitrogens with zero attached hydrogens (tertiary/aromatic N) is 3. The maximum atomic E-state index is 11.8. The van der Waals surface area contributed by atoms with Gasteiger partial charge >= 0.3 is 5.97 Å². The molecular formula is C13H19N3O3. The van der Waals surface area contributed by atoms with Crippen LogP contribution in [0.4, 0.5) is 0 Å². The highest BCUT2D eigenvalue weighted by molar-refractivity contribution is 5.75. The van der Waals surface area contributed by atoms with Crippen molar-refractivity contribution in [2.24, 2.45) is 0 Å². The summed E-state index contributed by atoms with van der Waals surface area (Å²) < 4.78 is 10.1. The Morgan fingerprint density at radius 2 is 2.26 bits per heavy atom. The van der Waals surface area contributed by atoms with E-state index in [-0.39, 0.29) is 12.0 Å². The molecule has 0 bridgehead atoms. The molecule has 2 aliphatic rings. The molecule has 0 aromatic carbocycles. The Kier molecular flexibility index (Phi) is 3.50. The lowest BCUT2D eigenvalue weighted by atomic mass is 10.0. The molecule has 104 valence electrons. The third-order valence-electron chi connectivity index (χ3n) is 3.84. The van der Waals surface area contributed by atoms with Crippen molar-refractivity contribution in [3.05, 3.63) is 11.7 Å². The average Bonchev–Trinajstić information content (AvgIpc) is 3.19. The van der Waals surface area contributed by atoms with Crippen molar-refractivity contribution < 1.29 is 14.1 Å². The van der Waals surface area contributed by atoms with E-state index in [1.54, 1.807) is 0 Å². The van der Waals surface area contributed by atoms with Crippen LogP contribution in [0.2, 0.25) is 0 Å². The van der Waals surface area contributed by atoms with E-state index in [2.05, 4.69) is 15.0 Å². The molecule has 3 rings (SSSR count). The number of methoxy groups -OCH3 is 1. The van der Waals surface area contributed by atoms with E-state index in [1.165, 1.54) is 7.11 Å². The first kappa shape index (κ1) is 12.6. The molecule has 1 aromatic rings. The molecule has 0 amide bonds. The Bertz CT molecular complexity index is 456. The summed E-state index contributed by atoms with van der Waals surface area (Å²) in [4.78, 5) is 18.3. The number of carbonyl (C=O) groups excluding carboxylic acids is 1. The van der Waals surface area contributed by atoms with Gasteiger partial charge in [0.2, 0.25) is 5.89 Å². The predicted molar refractivity (Wildman–Crippen MR) is 66.3 cm³/mol. The average molecular weight is 265 g/mol. The van der Waals surface area contributed by atoms with E-state index < -0.39 is 0 Å². The first-order valence-electron chi connectivity index (χ1n) is 6.92. The maximum absolute atomic E-state index is 11.8. The zero-order chi connectivity index (χ0) is 13.2. The van der Waals surface area contributed by atoms with Gasteiger partial charge < -0.3 is 9.26 Å². The number of rotatable bonds is 4. The second-order valence-electron chi connectivity index (χ2n) is 5.33. The number of piperidine rings is 1. The third kappa shape index (κ3) is 2.78. The molecule has 0 radical (unpaired) electrons. The van der Waals surface area contributed by atoms with Crippen molar-refractivity contribution >= 4 is 5.97 Å². The van der Waals surface area contributed by atoms with E-state index >= 15 is 0 Å². The molecule has 1 saturated carbocycles. The molecule has 2 heterocycles. The van der Waals surface area contributed by atoms with Crippen molar-refractivity contribution in [2.75, 3.05) is 13.7 Å². The van der Waals surface area contributed by atoms with Crippen LogP contribution in [0.1, 0.15) is 49.7 Å². The van der Waals surface area contributed by atoms with Gasteiger partial charge in [-0.2, -0.15) is 4.98 Å². The summed E-state index contributed by atoms with van der Waals surface area (Å²) in [7, 11) is 1.44. The van der Waals surface area contributed by atoms with Crippen LogP contribution in [0.15, 0.2) is 4.52 Å². The van der Waals surface area contributed by atoms with Gasteiger partial charge in [-0.25, -0.2) is 0 Å². The number of aromatic nitrogens is 2. The molecule has 0 spiro atoms. The lowest BCUT2D eigenvalue weighted by Gasteiger charge is -2.32. The van der Waals surface area contributed by atoms with Crippen LogP contribution in [-0.4, -0.2) is 40.7 Å². The number of carbonyl (C=O) groups is 1. The number of esters is 1. The number of hydrogen-bond donors (Lipinski definition) is 0. The summed E-state index contributed by atoms with van der Waals surface area (Å²) in [5, 5.41) is 4.01. The molecule has 2 fully saturated rings. The fourth-order valence-electron chi connectivity index (χ4n) is 2.59. The molecule has 0 N–H and O–H groups in total. The highest BCUT2D eigenvalue weighted by Gasteiger charge is 2.32. The highest BCUT2D eigenvalue weighted by atomic mass is 16.5. The van der Waals surface area contributed by atoms with Crippen molar-refractivity contribution in [3.63, 3.8) is 0 Å². The summed E-state index contributed by atoms with van der Waals surface area (Å²) in [6.07, 6.45) is 5.31. The van der Waals surface area contributed by atoms with Gasteiger partial charge in [-0.15, -0.1) is 0 Å². The van der Waals surface area contributed by atoms with Crippen LogP contribution in [0.3, 0.4) is 0 Å². The molecule has 1 unspecified atom stereocenters. The molecule has 1 aromatic heterocycles. The molecule has 1 aliphatic heterocycles. The van der Waals surface area contributed by atoms with Gasteiger partial charge in [0.1, 0.15) is 6.04 Å². The summed E-state index contributed by atoms with van der Waals surface area (Å²) >= 11 is 0. The van der Waals surface area contributed by atoms with Crippen LogP contribution >= 0.6 is 0 Å². The highest BCUT2D eigenvalue weighted by Crippen LogP contribution is 2.38. The van der Waals surface area contributed by atoms with E-state index in [1.807, 2.05) is 0 Å². The quantitative estimate of drug-likeness (QED) is 0.768. The smallest absolute Gasteiger partial charge is 0.323 e. The molecule has 6 nitrogen and oxygen atoms in total. The minimum absolute atomic E-state index is 0.161. The fourth-order valence-corrected chi connectivity index (χ4v) is 2.59. The number of ether oxygens (including phenoxy) is 1. The Hall–Kier alpha value is -1.43. The van der Waals surface area contributed by atoms with Gasteiger partial charge in [0.05, 0.1) is 13.7 Å². The fraction of sp³-hybridized carbons (Fsp3) is 0.769. The van der Waals surface area contributed by atoms with Crippen LogP contribution in [0, 0.1) is 0 Å². The van der Waals surface area contributed by atoms with E-state index in [4.69, 9.17) is 9.26 Å². The second-order valence-corrected chi connectivity index (χ2v) is 5.33. The molecule has 6 heteroatoms. The Morgan fingerprint density at radius 3 is 3.00 bits per heavy atom. The SMILES string of the molecule is COC(=O)C1CCCCN1Cc1noc(C2CC2)n1. The van der Waals surface area contributed by atoms with Crippen molar-refractivity contribution in [1.29, 1.82) is 0 Å². The summed E-state index contributed by atoms with van der Waals surface area (Å²) in [6, 6.07) is -0.165. The Balaban J connectivity index is 1.66. The zero-order valence-electron chi connectivity index (χ0n) is 11.2. The topological polar surface area (TPSA) is 68.5 Å². The summed E-state index contributed by atoms with van der Waals surface area (Å²) in [6.45, 7) is 1.45. The van der Waals surface area contributed by atoms with Crippen LogP contribution < -0.4 is 0 Å². The first-order chi connectivity index (χ1) is 9.28. The normalized spacial score (nSPS) is 24.4. The monoisotopic (exact) mass is 265 g/mol. The maximum Gasteiger partial charge on any atom is 0.323 e. The van der Waals surface area contributed by atoms with Gasteiger partial charge in [-0.3, -0.25) is 9.69 Å². The molecule has 1 aliphatic carbocycles. The Morgan fingerprint density at radius 1 is 1.42 bits per heavy atom. The van der Waals surface area contributed by atoms with Crippen molar-refractivity contribution in [1.82, 2.24) is 15.0 Å². The van der Waals surface area contributed by atoms with E-state index in [9.17, 15) is 4.79 Å². The first-order valence-corrected chi connectivity index (χ1v) is 6.92. The molecular weight excluding hydrogens is 246 g/mol. The number of likely N-dealkylation sites (tertiary alicyclic amines) is 1. The summed E-state index contributed by atoms with van der Waals surface area (Å²) in [5.41, 5.74) is 0. The van der Waals surface area contributed by atoms with Crippen molar-refractivity contribution in [3.8, 4) is 0 Å². The van der Waals surface area contributed by atoms with E-state index in [0.29, 0.717) is 18.3 Å². The van der Waals surface area contributed by atoms with Crippen molar-refractivity contribution in [2.45, 2.75) is 50.6 Å². The standard InChI is InChI=1S/C13H19N3O3/c1-18-13(17)10-4-2-3-7-16(10)8-11-14-12(19-15-11)9-5-6-9/h9-10H,2-8H2,1H3. The zero-order valence-corrected chi connectivity index (χ0v) is 11.2. The van der Waals surface area contributed by atoms with Gasteiger partial charge in [0, 0.05) is 5.92 Å². The van der Waals surface area contributed by atoms with E-state index in [0.717, 1.165) is 44.5 Å². The van der Waals surface area contributed by atoms with Gasteiger partial charge in [0.15, 0.2) is 5.82 Å². The minimum atomic E-state index is -0.165. The molecule has 1 saturated heterocycles. The van der Waals surface area contributed by atoms with Crippen LogP contribution in [0.5, 0.6) is 0 Å². The summed E-state index contributed by atoms with van der Waals surface area (Å²) in [5.74, 6) is 1.74. The molecule has 1 atom stereocenters. The largest absolute Gasteiger partial charge is 0.468 e. The number of hydrogen-bond acceptors (Lipinski definition) is 6. The second kappa shape index (κ2) is 5.28. The van der Waals surface area contributed by atoms with Gasteiger partial charge in [0.25, 0.3) is 0 Å². The van der Waals surface area contributed by atoms with Gasteiger partial charge in [-0.1, -0.05) is 11.6 Å². The third-order valence-corrected chi connectivity index (χ3v) is 3.84. The van der Waals surface area contributed by atoms with Crippen LogP contribution in [0.25, 0.3) is 0 Å². The van der Waals surface area contributed by atoms with Crippen LogP contribution in [-0.2, 0) is 16.1 Å². The predicted octanol–water partition coefficient (Wildman–Crippen LogP) is 1.47. The lowest BCUT2D eigenvalue weighted by Crippen LogP contribution is -2.44. The minimum Gasteiger partial charge on any atom is -0.468 e. The lowest BCUT2D eigenvalue weighted by molar-refractivity contribution is -0.148. The Labute approximate surface area is 112 Å². The molecule has 19 heavy (non-hydrogen) atoms. The van der Waals surface area contributed by atoms with Gasteiger partial charge in [-0.05, 0) is 32.2 Å².